The second-order valence-electron chi connectivity index (χ2n) is 4.20. The molecule has 1 aromatic heterocycles. The Labute approximate surface area is 107 Å². The molecule has 0 saturated carbocycles. The lowest BCUT2D eigenvalue weighted by Crippen LogP contribution is -2.18. The first-order chi connectivity index (χ1) is 8.79. The third kappa shape index (κ3) is 3.16. The molecule has 1 heterocycles. The second-order valence-corrected chi connectivity index (χ2v) is 4.20. The van der Waals surface area contributed by atoms with Gasteiger partial charge in [-0.1, -0.05) is 12.1 Å². The molecule has 0 aliphatic heterocycles. The summed E-state index contributed by atoms with van der Waals surface area (Å²) in [6.07, 6.45) is 3.59. The van der Waals surface area contributed by atoms with Gasteiger partial charge in [-0.25, -0.2) is 0 Å². The van der Waals surface area contributed by atoms with Crippen molar-refractivity contribution in [2.24, 2.45) is 0 Å². The molecule has 0 amide bonds. The fraction of sp³-hybridized carbons (Fsp3) is 0.200. The fourth-order valence-electron chi connectivity index (χ4n) is 1.79. The maximum atomic E-state index is 8.84. The highest BCUT2D eigenvalue weighted by Gasteiger charge is 2.04. The van der Waals surface area contributed by atoms with E-state index in [2.05, 4.69) is 23.3 Å². The molecule has 0 bridgehead atoms. The van der Waals surface area contributed by atoms with E-state index in [1.165, 1.54) is 5.56 Å². The van der Waals surface area contributed by atoms with Crippen LogP contribution in [0.15, 0.2) is 48.8 Å². The van der Waals surface area contributed by atoms with Gasteiger partial charge in [-0.2, -0.15) is 5.26 Å². The minimum Gasteiger partial charge on any atom is -0.306 e. The zero-order chi connectivity index (χ0) is 12.8. The molecule has 90 valence electrons. The summed E-state index contributed by atoms with van der Waals surface area (Å²) in [5.74, 6) is 0. The molecule has 0 spiro atoms. The van der Waals surface area contributed by atoms with Crippen LogP contribution in [0.25, 0.3) is 0 Å². The van der Waals surface area contributed by atoms with Gasteiger partial charge >= 0.3 is 0 Å². The molecular weight excluding hydrogens is 222 g/mol. The van der Waals surface area contributed by atoms with Crippen LogP contribution < -0.4 is 5.32 Å². The summed E-state index contributed by atoms with van der Waals surface area (Å²) < 4.78 is 0. The molecule has 0 aliphatic rings. The minimum absolute atomic E-state index is 0.263. The average molecular weight is 237 g/mol. The predicted molar refractivity (Wildman–Crippen MR) is 70.6 cm³/mol. The molecule has 3 nitrogen and oxygen atoms in total. The number of hydrogen-bond acceptors (Lipinski definition) is 3. The number of nitriles is 1. The molecule has 18 heavy (non-hydrogen) atoms. The molecule has 2 aromatic rings. The van der Waals surface area contributed by atoms with Gasteiger partial charge in [0.1, 0.15) is 0 Å². The number of rotatable bonds is 4. The summed E-state index contributed by atoms with van der Waals surface area (Å²) >= 11 is 0. The summed E-state index contributed by atoms with van der Waals surface area (Å²) in [5, 5.41) is 12.3. The largest absolute Gasteiger partial charge is 0.306 e. The highest BCUT2D eigenvalue weighted by Crippen LogP contribution is 2.12. The minimum atomic E-state index is 0.263. The zero-order valence-corrected chi connectivity index (χ0v) is 10.3. The second kappa shape index (κ2) is 5.95. The highest BCUT2D eigenvalue weighted by atomic mass is 14.9. The number of nitrogens with one attached hydrogen (secondary N) is 1. The van der Waals surface area contributed by atoms with E-state index < -0.39 is 0 Å². The smallest absolute Gasteiger partial charge is 0.0991 e. The van der Waals surface area contributed by atoms with Crippen molar-refractivity contribution >= 4 is 0 Å². The Morgan fingerprint density at radius 3 is 2.78 bits per heavy atom. The van der Waals surface area contributed by atoms with E-state index in [-0.39, 0.29) is 6.04 Å². The Bertz CT molecular complexity index is 543. The van der Waals surface area contributed by atoms with Crippen molar-refractivity contribution in [3.63, 3.8) is 0 Å². The summed E-state index contributed by atoms with van der Waals surface area (Å²) in [7, 11) is 0. The van der Waals surface area contributed by atoms with Crippen molar-refractivity contribution in [1.29, 1.82) is 5.26 Å². The standard InChI is InChI=1S/C15H15N3/c1-12(15-5-7-17-8-6-15)18-11-14-4-2-3-13(9-14)10-16/h2-9,12,18H,11H2,1H3/t12-/m1/s1. The van der Waals surface area contributed by atoms with Crippen LogP contribution in [0.5, 0.6) is 0 Å². The van der Waals surface area contributed by atoms with E-state index in [1.807, 2.05) is 36.4 Å². The predicted octanol–water partition coefficient (Wildman–Crippen LogP) is 2.80. The van der Waals surface area contributed by atoms with Crippen molar-refractivity contribution < 1.29 is 0 Å². The third-order valence-electron chi connectivity index (χ3n) is 2.87. The average Bonchev–Trinajstić information content (AvgIpc) is 2.46. The number of hydrogen-bond donors (Lipinski definition) is 1. The Morgan fingerprint density at radius 1 is 1.28 bits per heavy atom. The lowest BCUT2D eigenvalue weighted by Gasteiger charge is -2.14. The third-order valence-corrected chi connectivity index (χ3v) is 2.87. The SMILES string of the molecule is C[C@@H](NCc1cccc(C#N)c1)c1ccncc1. The number of benzene rings is 1. The van der Waals surface area contributed by atoms with Gasteiger partial charge in [0, 0.05) is 25.0 Å². The summed E-state index contributed by atoms with van der Waals surface area (Å²) in [6.45, 7) is 2.86. The van der Waals surface area contributed by atoms with Gasteiger partial charge in [0.2, 0.25) is 0 Å². The first-order valence-corrected chi connectivity index (χ1v) is 5.92. The Hall–Kier alpha value is -2.18. The van der Waals surface area contributed by atoms with Crippen LogP contribution in [0.4, 0.5) is 0 Å². The van der Waals surface area contributed by atoms with Crippen LogP contribution in [-0.4, -0.2) is 4.98 Å². The van der Waals surface area contributed by atoms with E-state index in [9.17, 15) is 0 Å². The van der Waals surface area contributed by atoms with Gasteiger partial charge in [-0.15, -0.1) is 0 Å². The van der Waals surface area contributed by atoms with Gasteiger partial charge in [0.05, 0.1) is 11.6 Å². The number of nitrogens with zero attached hydrogens (tertiary/aromatic N) is 2. The van der Waals surface area contributed by atoms with E-state index in [0.29, 0.717) is 5.56 Å². The van der Waals surface area contributed by atoms with E-state index in [4.69, 9.17) is 5.26 Å². The van der Waals surface area contributed by atoms with Crippen LogP contribution >= 0.6 is 0 Å². The maximum Gasteiger partial charge on any atom is 0.0991 e. The van der Waals surface area contributed by atoms with Crippen LogP contribution in [0.3, 0.4) is 0 Å². The fourth-order valence-corrected chi connectivity index (χ4v) is 1.79. The molecular formula is C15H15N3. The van der Waals surface area contributed by atoms with Crippen molar-refractivity contribution in [2.45, 2.75) is 19.5 Å². The molecule has 1 N–H and O–H groups in total. The zero-order valence-electron chi connectivity index (χ0n) is 10.3. The van der Waals surface area contributed by atoms with Crippen LogP contribution in [0, 0.1) is 11.3 Å². The lowest BCUT2D eigenvalue weighted by atomic mass is 10.1. The Morgan fingerprint density at radius 2 is 2.06 bits per heavy atom. The first-order valence-electron chi connectivity index (χ1n) is 5.92. The Kier molecular flexibility index (Phi) is 4.06. The van der Waals surface area contributed by atoms with Gasteiger partial charge < -0.3 is 5.32 Å². The lowest BCUT2D eigenvalue weighted by molar-refractivity contribution is 0.574. The van der Waals surface area contributed by atoms with Crippen LogP contribution in [0.1, 0.15) is 29.7 Å². The number of pyridine rings is 1. The monoisotopic (exact) mass is 237 g/mol. The molecule has 2 rings (SSSR count). The quantitative estimate of drug-likeness (QED) is 0.889. The molecule has 0 fully saturated rings. The molecule has 0 saturated heterocycles. The highest BCUT2D eigenvalue weighted by molar-refractivity contribution is 5.32. The topological polar surface area (TPSA) is 48.7 Å². The van der Waals surface area contributed by atoms with Gasteiger partial charge in [-0.05, 0) is 42.3 Å². The summed E-state index contributed by atoms with van der Waals surface area (Å²) in [6, 6.07) is 14.1. The molecule has 1 aromatic carbocycles. The Balaban J connectivity index is 1.97. The molecule has 1 atom stereocenters. The van der Waals surface area contributed by atoms with Crippen LogP contribution in [-0.2, 0) is 6.54 Å². The summed E-state index contributed by atoms with van der Waals surface area (Å²) in [4.78, 5) is 4.00. The van der Waals surface area contributed by atoms with Crippen molar-refractivity contribution in [1.82, 2.24) is 10.3 Å². The van der Waals surface area contributed by atoms with E-state index >= 15 is 0 Å². The number of aromatic nitrogens is 1. The normalized spacial score (nSPS) is 11.8. The van der Waals surface area contributed by atoms with Gasteiger partial charge in [-0.3, -0.25) is 4.98 Å². The molecule has 0 aliphatic carbocycles. The van der Waals surface area contributed by atoms with E-state index in [0.717, 1.165) is 12.1 Å². The van der Waals surface area contributed by atoms with Crippen LogP contribution in [0.2, 0.25) is 0 Å². The first kappa shape index (κ1) is 12.3. The van der Waals surface area contributed by atoms with Crippen molar-refractivity contribution in [2.75, 3.05) is 0 Å². The van der Waals surface area contributed by atoms with E-state index in [1.54, 1.807) is 12.4 Å². The van der Waals surface area contributed by atoms with Crippen molar-refractivity contribution in [3.8, 4) is 6.07 Å². The van der Waals surface area contributed by atoms with Gasteiger partial charge in [0.25, 0.3) is 0 Å². The van der Waals surface area contributed by atoms with Gasteiger partial charge in [0.15, 0.2) is 0 Å². The maximum absolute atomic E-state index is 8.84. The van der Waals surface area contributed by atoms with Crippen molar-refractivity contribution in [3.05, 3.63) is 65.5 Å². The summed E-state index contributed by atoms with van der Waals surface area (Å²) in [5.41, 5.74) is 3.03. The molecule has 0 radical (unpaired) electrons. The molecule has 0 unspecified atom stereocenters. The molecule has 3 heteroatoms.